The fraction of sp³-hybridized carbons (Fsp3) is 0.250. The maximum absolute atomic E-state index is 13.1. The molecule has 0 aliphatic heterocycles. The van der Waals surface area contributed by atoms with Crippen molar-refractivity contribution in [1.82, 2.24) is 0 Å². The first-order chi connectivity index (χ1) is 6.36. The third kappa shape index (κ3) is 2.48. The summed E-state index contributed by atoms with van der Waals surface area (Å²) in [5.41, 5.74) is -0.815. The molecule has 1 aromatic carbocycles. The molecule has 1 rings (SSSR count). The van der Waals surface area contributed by atoms with Gasteiger partial charge in [-0.2, -0.15) is 13.2 Å². The van der Waals surface area contributed by atoms with Crippen LogP contribution < -0.4 is 0 Å². The standard InChI is InChI=1S/C8H4Br2F4/c9-3-5-6(10)1-4(2-7(5)11)8(12,13)14/h1-2H,3H2. The zero-order valence-electron chi connectivity index (χ0n) is 6.63. The maximum Gasteiger partial charge on any atom is 0.416 e. The Morgan fingerprint density at radius 1 is 1.21 bits per heavy atom. The second-order valence-corrected chi connectivity index (χ2v) is 3.96. The van der Waals surface area contributed by atoms with Crippen LogP contribution in [-0.2, 0) is 11.5 Å². The van der Waals surface area contributed by atoms with Crippen LogP contribution in [0, 0.1) is 5.82 Å². The van der Waals surface area contributed by atoms with Gasteiger partial charge in [-0.05, 0) is 12.1 Å². The van der Waals surface area contributed by atoms with Gasteiger partial charge >= 0.3 is 6.18 Å². The number of benzene rings is 1. The SMILES string of the molecule is Fc1cc(C(F)(F)F)cc(Br)c1CBr. The van der Waals surface area contributed by atoms with Crippen LogP contribution in [0.5, 0.6) is 0 Å². The predicted molar refractivity (Wildman–Crippen MR) is 51.7 cm³/mol. The van der Waals surface area contributed by atoms with Crippen molar-refractivity contribution in [2.24, 2.45) is 0 Å². The normalized spacial score (nSPS) is 11.9. The van der Waals surface area contributed by atoms with Crippen LogP contribution in [0.4, 0.5) is 17.6 Å². The highest BCUT2D eigenvalue weighted by molar-refractivity contribution is 9.10. The van der Waals surface area contributed by atoms with Crippen molar-refractivity contribution < 1.29 is 17.6 Å². The highest BCUT2D eigenvalue weighted by atomic mass is 79.9. The van der Waals surface area contributed by atoms with Gasteiger partial charge in [0.15, 0.2) is 0 Å². The van der Waals surface area contributed by atoms with Crippen LogP contribution in [-0.4, -0.2) is 0 Å². The molecule has 0 aliphatic rings. The predicted octanol–water partition coefficient (Wildman–Crippen LogP) is 4.50. The highest BCUT2D eigenvalue weighted by Crippen LogP contribution is 2.34. The lowest BCUT2D eigenvalue weighted by atomic mass is 10.1. The Morgan fingerprint density at radius 3 is 2.14 bits per heavy atom. The Hall–Kier alpha value is -0.100. The van der Waals surface area contributed by atoms with E-state index < -0.39 is 17.6 Å². The summed E-state index contributed by atoms with van der Waals surface area (Å²) in [6.07, 6.45) is -4.52. The third-order valence-electron chi connectivity index (χ3n) is 1.60. The molecule has 0 amide bonds. The molecule has 78 valence electrons. The minimum absolute atomic E-state index is 0.113. The molecule has 0 heterocycles. The Kier molecular flexibility index (Phi) is 3.58. The van der Waals surface area contributed by atoms with Crippen molar-refractivity contribution in [2.75, 3.05) is 0 Å². The van der Waals surface area contributed by atoms with E-state index >= 15 is 0 Å². The van der Waals surface area contributed by atoms with Crippen molar-refractivity contribution in [3.8, 4) is 0 Å². The van der Waals surface area contributed by atoms with Gasteiger partial charge in [-0.25, -0.2) is 4.39 Å². The average Bonchev–Trinajstić information content (AvgIpc) is 2.01. The smallest absolute Gasteiger partial charge is 0.207 e. The number of hydrogen-bond donors (Lipinski definition) is 0. The van der Waals surface area contributed by atoms with Gasteiger partial charge in [-0.3, -0.25) is 0 Å². The number of rotatable bonds is 1. The lowest BCUT2D eigenvalue weighted by molar-refractivity contribution is -0.137. The molecule has 1 aromatic rings. The topological polar surface area (TPSA) is 0 Å². The molecule has 0 saturated heterocycles. The van der Waals surface area contributed by atoms with Crippen LogP contribution in [0.15, 0.2) is 16.6 Å². The molecule has 0 atom stereocenters. The van der Waals surface area contributed by atoms with Crippen LogP contribution in [0.1, 0.15) is 11.1 Å². The van der Waals surface area contributed by atoms with E-state index in [0.29, 0.717) is 6.07 Å². The fourth-order valence-electron chi connectivity index (χ4n) is 0.894. The van der Waals surface area contributed by atoms with Crippen molar-refractivity contribution in [3.63, 3.8) is 0 Å². The summed E-state index contributed by atoms with van der Waals surface area (Å²) < 4.78 is 49.7. The van der Waals surface area contributed by atoms with Crippen molar-refractivity contribution in [3.05, 3.63) is 33.5 Å². The van der Waals surface area contributed by atoms with E-state index in [4.69, 9.17) is 0 Å². The zero-order valence-corrected chi connectivity index (χ0v) is 9.80. The van der Waals surface area contributed by atoms with Crippen molar-refractivity contribution in [2.45, 2.75) is 11.5 Å². The third-order valence-corrected chi connectivity index (χ3v) is 2.87. The fourth-order valence-corrected chi connectivity index (χ4v) is 2.42. The largest absolute Gasteiger partial charge is 0.416 e. The van der Waals surface area contributed by atoms with E-state index in [0.717, 1.165) is 6.07 Å². The Morgan fingerprint density at radius 2 is 1.79 bits per heavy atom. The maximum atomic E-state index is 13.1. The first kappa shape index (κ1) is 12.0. The first-order valence-electron chi connectivity index (χ1n) is 3.47. The summed E-state index contributed by atoms with van der Waals surface area (Å²) in [5.74, 6) is -0.872. The van der Waals surface area contributed by atoms with Gasteiger partial charge in [0.1, 0.15) is 5.82 Å². The minimum atomic E-state index is -4.52. The Balaban J connectivity index is 3.28. The van der Waals surface area contributed by atoms with Gasteiger partial charge in [0.25, 0.3) is 0 Å². The number of hydrogen-bond acceptors (Lipinski definition) is 0. The summed E-state index contributed by atoms with van der Waals surface area (Å²) in [6, 6.07) is 1.35. The monoisotopic (exact) mass is 334 g/mol. The molecule has 0 unspecified atom stereocenters. The molecule has 0 N–H and O–H groups in total. The van der Waals surface area contributed by atoms with Crippen LogP contribution >= 0.6 is 31.9 Å². The van der Waals surface area contributed by atoms with Gasteiger partial charge in [0, 0.05) is 15.4 Å². The van der Waals surface area contributed by atoms with E-state index in [9.17, 15) is 17.6 Å². The number of halogens is 6. The molecular formula is C8H4Br2F4. The van der Waals surface area contributed by atoms with Crippen molar-refractivity contribution in [1.29, 1.82) is 0 Å². The van der Waals surface area contributed by atoms with E-state index in [2.05, 4.69) is 31.9 Å². The van der Waals surface area contributed by atoms with Gasteiger partial charge < -0.3 is 0 Å². The summed E-state index contributed by atoms with van der Waals surface area (Å²) in [4.78, 5) is 0. The minimum Gasteiger partial charge on any atom is -0.207 e. The van der Waals surface area contributed by atoms with Crippen LogP contribution in [0.2, 0.25) is 0 Å². The Bertz CT molecular complexity index is 323. The summed E-state index contributed by atoms with van der Waals surface area (Å²) in [7, 11) is 0. The van der Waals surface area contributed by atoms with E-state index in [1.165, 1.54) is 0 Å². The second kappa shape index (κ2) is 4.18. The lowest BCUT2D eigenvalue weighted by Gasteiger charge is -2.09. The molecule has 0 saturated carbocycles. The van der Waals surface area contributed by atoms with E-state index in [1.807, 2.05) is 0 Å². The van der Waals surface area contributed by atoms with E-state index in [1.54, 1.807) is 0 Å². The number of alkyl halides is 4. The molecule has 14 heavy (non-hydrogen) atoms. The molecule has 0 fully saturated rings. The molecule has 0 aromatic heterocycles. The molecule has 0 nitrogen and oxygen atoms in total. The molecule has 6 heteroatoms. The first-order valence-corrected chi connectivity index (χ1v) is 5.38. The van der Waals surface area contributed by atoms with Gasteiger partial charge in [0.2, 0.25) is 0 Å². The summed E-state index contributed by atoms with van der Waals surface area (Å²) >= 11 is 5.86. The quantitative estimate of drug-likeness (QED) is 0.523. The van der Waals surface area contributed by atoms with Gasteiger partial charge in [0.05, 0.1) is 5.56 Å². The second-order valence-electron chi connectivity index (χ2n) is 2.55. The van der Waals surface area contributed by atoms with Crippen LogP contribution in [0.25, 0.3) is 0 Å². The lowest BCUT2D eigenvalue weighted by Crippen LogP contribution is -2.06. The molecular weight excluding hydrogens is 332 g/mol. The molecule has 0 radical (unpaired) electrons. The molecule has 0 spiro atoms. The zero-order chi connectivity index (χ0) is 10.9. The average molecular weight is 336 g/mol. The van der Waals surface area contributed by atoms with Gasteiger partial charge in [-0.1, -0.05) is 31.9 Å². The van der Waals surface area contributed by atoms with E-state index in [-0.39, 0.29) is 15.4 Å². The molecule has 0 bridgehead atoms. The highest BCUT2D eigenvalue weighted by Gasteiger charge is 2.32. The summed E-state index contributed by atoms with van der Waals surface area (Å²) in [5, 5.41) is 0.164. The summed E-state index contributed by atoms with van der Waals surface area (Å²) in [6.45, 7) is 0. The van der Waals surface area contributed by atoms with Crippen molar-refractivity contribution >= 4 is 31.9 Å². The van der Waals surface area contributed by atoms with Crippen LogP contribution in [0.3, 0.4) is 0 Å². The molecule has 0 aliphatic carbocycles. The Labute approximate surface area is 94.6 Å². The van der Waals surface area contributed by atoms with Gasteiger partial charge in [-0.15, -0.1) is 0 Å².